The molecule has 2 aliphatic heterocycles. The molecule has 1 saturated heterocycles. The zero-order valence-corrected chi connectivity index (χ0v) is 20.9. The van der Waals surface area contributed by atoms with Crippen LogP contribution in [0.5, 0.6) is 0 Å². The van der Waals surface area contributed by atoms with E-state index < -0.39 is 41.9 Å². The first-order chi connectivity index (χ1) is 16.9. The summed E-state index contributed by atoms with van der Waals surface area (Å²) < 4.78 is 39.0. The largest absolute Gasteiger partial charge is 0.416 e. The number of benzene rings is 1. The lowest BCUT2D eigenvalue weighted by Gasteiger charge is -2.47. The molecule has 36 heavy (non-hydrogen) atoms. The molecule has 0 spiro atoms. The predicted octanol–water partition coefficient (Wildman–Crippen LogP) is 3.71. The summed E-state index contributed by atoms with van der Waals surface area (Å²) in [6.45, 7) is 3.64. The van der Waals surface area contributed by atoms with Crippen molar-refractivity contribution in [3.8, 4) is 0 Å². The number of imide groups is 1. The van der Waals surface area contributed by atoms with E-state index in [0.717, 1.165) is 33.4 Å². The standard InChI is InChI=1S/C24H22F3N3O4S2/c1-23(2)16-11-7-12(17(16)35-19-18(23)36-22(34)29-19)15-14(11)20(32)30(21(15)33)8-13(31)28-10-5-3-4-9(6-10)24(25,26)27/h3-6,11-12,14-17H,7-8H2,1-2H3,(H,28,31)(H,29,34)/t11-,12-,14-,15+,16+,17+/m0/s1. The number of thioether (sulfide) groups is 1. The van der Waals surface area contributed by atoms with E-state index in [1.165, 1.54) is 23.5 Å². The fourth-order valence-electron chi connectivity index (χ4n) is 6.99. The highest BCUT2D eigenvalue weighted by atomic mass is 32.2. The van der Waals surface area contributed by atoms with Gasteiger partial charge in [0.1, 0.15) is 6.54 Å². The molecule has 2 aliphatic carbocycles. The summed E-state index contributed by atoms with van der Waals surface area (Å²) in [5.41, 5.74) is -1.30. The van der Waals surface area contributed by atoms with E-state index in [1.54, 1.807) is 11.8 Å². The first-order valence-corrected chi connectivity index (χ1v) is 13.3. The second-order valence-electron chi connectivity index (χ2n) is 10.5. The van der Waals surface area contributed by atoms with Gasteiger partial charge in [0, 0.05) is 21.2 Å². The van der Waals surface area contributed by atoms with Crippen LogP contribution in [0, 0.1) is 29.6 Å². The van der Waals surface area contributed by atoms with E-state index in [4.69, 9.17) is 0 Å². The highest BCUT2D eigenvalue weighted by Gasteiger charge is 2.70. The smallest absolute Gasteiger partial charge is 0.325 e. The van der Waals surface area contributed by atoms with Crippen LogP contribution in [0.2, 0.25) is 0 Å². The van der Waals surface area contributed by atoms with Gasteiger partial charge in [0.25, 0.3) is 0 Å². The van der Waals surface area contributed by atoms with Crippen molar-refractivity contribution < 1.29 is 27.6 Å². The minimum Gasteiger partial charge on any atom is -0.325 e. The predicted molar refractivity (Wildman–Crippen MR) is 126 cm³/mol. The van der Waals surface area contributed by atoms with Gasteiger partial charge in [-0.3, -0.25) is 24.1 Å². The Morgan fingerprint density at radius 3 is 2.56 bits per heavy atom. The second kappa shape index (κ2) is 7.70. The topological polar surface area (TPSA) is 99.3 Å². The molecule has 1 aromatic carbocycles. The van der Waals surface area contributed by atoms with Crippen LogP contribution in [0.1, 0.15) is 30.7 Å². The monoisotopic (exact) mass is 537 g/mol. The first-order valence-electron chi connectivity index (χ1n) is 11.6. The number of fused-ring (bicyclic) bond motifs is 9. The van der Waals surface area contributed by atoms with E-state index in [0.29, 0.717) is 0 Å². The molecular formula is C24H22F3N3O4S2. The van der Waals surface area contributed by atoms with Crippen molar-refractivity contribution in [3.63, 3.8) is 0 Å². The number of alkyl halides is 3. The van der Waals surface area contributed by atoms with Crippen molar-refractivity contribution in [2.24, 2.45) is 29.6 Å². The van der Waals surface area contributed by atoms with Gasteiger partial charge < -0.3 is 10.3 Å². The van der Waals surface area contributed by atoms with Gasteiger partial charge in [-0.15, -0.1) is 11.8 Å². The number of anilines is 1. The van der Waals surface area contributed by atoms with Crippen LogP contribution in [0.25, 0.3) is 0 Å². The molecule has 2 N–H and O–H groups in total. The quantitative estimate of drug-likeness (QED) is 0.582. The molecule has 3 heterocycles. The summed E-state index contributed by atoms with van der Waals surface area (Å²) in [7, 11) is 0. The molecule has 6 rings (SSSR count). The summed E-state index contributed by atoms with van der Waals surface area (Å²) in [4.78, 5) is 56.2. The number of carbonyl (C=O) groups is 3. The molecule has 6 atom stereocenters. The molecule has 0 radical (unpaired) electrons. The number of carbonyl (C=O) groups excluding carboxylic acids is 3. The number of thiazole rings is 1. The van der Waals surface area contributed by atoms with E-state index in [2.05, 4.69) is 24.1 Å². The van der Waals surface area contributed by atoms with E-state index >= 15 is 0 Å². The molecule has 2 bridgehead atoms. The lowest BCUT2D eigenvalue weighted by Crippen LogP contribution is -2.48. The number of aromatic amines is 1. The van der Waals surface area contributed by atoms with Crippen molar-refractivity contribution in [1.82, 2.24) is 9.88 Å². The highest BCUT2D eigenvalue weighted by molar-refractivity contribution is 8.00. The van der Waals surface area contributed by atoms with Crippen molar-refractivity contribution in [2.45, 2.75) is 42.1 Å². The second-order valence-corrected chi connectivity index (χ2v) is 12.7. The van der Waals surface area contributed by atoms with Gasteiger partial charge in [-0.25, -0.2) is 0 Å². The molecule has 1 aromatic heterocycles. The van der Waals surface area contributed by atoms with E-state index in [9.17, 15) is 32.3 Å². The summed E-state index contributed by atoms with van der Waals surface area (Å²) in [5, 5.41) is 3.31. The Hall–Kier alpha value is -2.60. The maximum atomic E-state index is 13.4. The lowest BCUT2D eigenvalue weighted by atomic mass is 9.64. The van der Waals surface area contributed by atoms with Crippen LogP contribution in [-0.4, -0.2) is 39.4 Å². The van der Waals surface area contributed by atoms with Crippen LogP contribution >= 0.6 is 23.1 Å². The van der Waals surface area contributed by atoms with Crippen molar-refractivity contribution >= 4 is 46.5 Å². The summed E-state index contributed by atoms with van der Waals surface area (Å²) in [6, 6.07) is 4.21. The molecule has 3 amide bonds. The van der Waals surface area contributed by atoms with Crippen molar-refractivity contribution in [1.29, 1.82) is 0 Å². The summed E-state index contributed by atoms with van der Waals surface area (Å²) >= 11 is 2.78. The Morgan fingerprint density at radius 1 is 1.17 bits per heavy atom. The maximum absolute atomic E-state index is 13.4. The van der Waals surface area contributed by atoms with Gasteiger partial charge in [-0.1, -0.05) is 31.3 Å². The zero-order chi connectivity index (χ0) is 25.7. The van der Waals surface area contributed by atoms with Gasteiger partial charge >= 0.3 is 11.0 Å². The summed E-state index contributed by atoms with van der Waals surface area (Å²) in [5.74, 6) is -2.49. The van der Waals surface area contributed by atoms with Crippen LogP contribution < -0.4 is 10.2 Å². The molecule has 7 nitrogen and oxygen atoms in total. The summed E-state index contributed by atoms with van der Waals surface area (Å²) in [6.07, 6.45) is -3.81. The van der Waals surface area contributed by atoms with E-state index in [1.807, 2.05) is 0 Å². The Kier molecular flexibility index (Phi) is 5.09. The average molecular weight is 538 g/mol. The molecule has 2 aromatic rings. The molecule has 12 heteroatoms. The van der Waals surface area contributed by atoms with Crippen molar-refractivity contribution in [3.05, 3.63) is 44.4 Å². The first kappa shape index (κ1) is 23.8. The molecule has 2 saturated carbocycles. The Morgan fingerprint density at radius 2 is 1.86 bits per heavy atom. The van der Waals surface area contributed by atoms with E-state index in [-0.39, 0.29) is 44.9 Å². The number of likely N-dealkylation sites (tertiary alicyclic amines) is 1. The van der Waals surface area contributed by atoms with Gasteiger partial charge in [-0.05, 0) is 42.4 Å². The molecule has 4 aliphatic rings. The Balaban J connectivity index is 1.22. The normalized spacial score (nSPS) is 31.9. The molecule has 0 unspecified atom stereocenters. The van der Waals surface area contributed by atoms with Crippen molar-refractivity contribution in [2.75, 3.05) is 11.9 Å². The van der Waals surface area contributed by atoms with Gasteiger partial charge in [0.05, 0.1) is 22.4 Å². The third kappa shape index (κ3) is 3.33. The number of hydrogen-bond donors (Lipinski definition) is 2. The lowest BCUT2D eigenvalue weighted by molar-refractivity contribution is -0.143. The fourth-order valence-corrected chi connectivity index (χ4v) is 10.1. The Labute approximate surface area is 211 Å². The number of halogens is 3. The fraction of sp³-hybridized carbons (Fsp3) is 0.500. The molecule has 3 fully saturated rings. The average Bonchev–Trinajstić information content (AvgIpc) is 3.51. The van der Waals surface area contributed by atoms with Crippen LogP contribution in [0.4, 0.5) is 18.9 Å². The maximum Gasteiger partial charge on any atom is 0.416 e. The number of hydrogen-bond acceptors (Lipinski definition) is 6. The third-order valence-electron chi connectivity index (χ3n) is 8.26. The van der Waals surface area contributed by atoms with Gasteiger partial charge in [0.15, 0.2) is 0 Å². The molecular weight excluding hydrogens is 515 g/mol. The third-order valence-corrected chi connectivity index (χ3v) is 11.1. The van der Waals surface area contributed by atoms with Crippen LogP contribution in [-0.2, 0) is 26.0 Å². The van der Waals surface area contributed by atoms with Gasteiger partial charge in [-0.2, -0.15) is 13.2 Å². The SMILES string of the molecule is CC1(C)c2sc(=O)[nH]c2S[C@@H]2[C@H]3C[C@@H]([C@@H]4C(=O)N(CC(=O)Nc5cccc(C(F)(F)F)c5)C(=O)[C@H]34)[C@H]21. The Bertz CT molecular complexity index is 1370. The number of nitrogens with zero attached hydrogens (tertiary/aromatic N) is 1. The number of rotatable bonds is 3. The number of amides is 3. The van der Waals surface area contributed by atoms with Crippen LogP contribution in [0.15, 0.2) is 34.1 Å². The minimum absolute atomic E-state index is 0.0363. The molecule has 190 valence electrons. The number of H-pyrrole nitrogens is 1. The zero-order valence-electron chi connectivity index (χ0n) is 19.2. The minimum atomic E-state index is -4.56. The number of aromatic nitrogens is 1. The highest BCUT2D eigenvalue weighted by Crippen LogP contribution is 2.68. The number of nitrogens with one attached hydrogen (secondary N) is 2. The van der Waals surface area contributed by atoms with Gasteiger partial charge in [0.2, 0.25) is 17.7 Å². The van der Waals surface area contributed by atoms with Crippen LogP contribution in [0.3, 0.4) is 0 Å².